The molecule has 0 atom stereocenters. The smallest absolute Gasteiger partial charge is 0.257 e. The SMILES string of the molecule is CCN(CC)c1ccc(Nc2cncc(C(=O)Nc3cccc(C#N)c3)c2)c(C)c1. The third kappa shape index (κ3) is 4.95. The van der Waals surface area contributed by atoms with Gasteiger partial charge in [0.25, 0.3) is 5.91 Å². The van der Waals surface area contributed by atoms with Crippen LogP contribution in [0.4, 0.5) is 22.7 Å². The molecule has 0 spiro atoms. The number of nitriles is 1. The summed E-state index contributed by atoms with van der Waals surface area (Å²) in [7, 11) is 0. The summed E-state index contributed by atoms with van der Waals surface area (Å²) in [5.41, 5.74) is 5.49. The fourth-order valence-corrected chi connectivity index (χ4v) is 3.23. The molecule has 0 aliphatic heterocycles. The molecule has 2 aromatic carbocycles. The standard InChI is InChI=1S/C24H25N5O/c1-4-29(5-2)22-9-10-23(17(3)11-22)27-21-13-19(15-26-16-21)24(30)28-20-8-6-7-18(12-20)14-25/h6-13,15-16,27H,4-5H2,1-3H3,(H,28,30). The Balaban J connectivity index is 1.75. The van der Waals surface area contributed by atoms with Crippen LogP contribution in [-0.4, -0.2) is 24.0 Å². The molecule has 0 unspecified atom stereocenters. The van der Waals surface area contributed by atoms with Gasteiger partial charge in [0.05, 0.1) is 29.1 Å². The molecule has 0 saturated heterocycles. The Morgan fingerprint density at radius 3 is 2.57 bits per heavy atom. The van der Waals surface area contributed by atoms with Crippen LogP contribution in [0, 0.1) is 18.3 Å². The van der Waals surface area contributed by atoms with Crippen molar-refractivity contribution in [3.05, 3.63) is 77.6 Å². The van der Waals surface area contributed by atoms with E-state index in [1.165, 1.54) is 11.9 Å². The molecule has 0 radical (unpaired) electrons. The largest absolute Gasteiger partial charge is 0.372 e. The molecule has 6 nitrogen and oxygen atoms in total. The van der Waals surface area contributed by atoms with Gasteiger partial charge >= 0.3 is 0 Å². The number of pyridine rings is 1. The Bertz CT molecular complexity index is 1080. The summed E-state index contributed by atoms with van der Waals surface area (Å²) in [4.78, 5) is 19.1. The van der Waals surface area contributed by atoms with Gasteiger partial charge in [-0.05, 0) is 68.8 Å². The van der Waals surface area contributed by atoms with Crippen molar-refractivity contribution in [2.75, 3.05) is 28.6 Å². The number of nitrogens with zero attached hydrogens (tertiary/aromatic N) is 3. The van der Waals surface area contributed by atoms with Crippen LogP contribution in [0.25, 0.3) is 0 Å². The molecule has 152 valence electrons. The van der Waals surface area contributed by atoms with Gasteiger partial charge in [-0.2, -0.15) is 5.26 Å². The van der Waals surface area contributed by atoms with Crippen molar-refractivity contribution in [2.45, 2.75) is 20.8 Å². The summed E-state index contributed by atoms with van der Waals surface area (Å²) in [6, 6.07) is 16.9. The molecule has 1 heterocycles. The van der Waals surface area contributed by atoms with E-state index in [1.54, 1.807) is 36.5 Å². The second-order valence-electron chi connectivity index (χ2n) is 6.91. The summed E-state index contributed by atoms with van der Waals surface area (Å²) in [5.74, 6) is -0.283. The molecule has 1 aromatic heterocycles. The maximum Gasteiger partial charge on any atom is 0.257 e. The van der Waals surface area contributed by atoms with E-state index >= 15 is 0 Å². The number of anilines is 4. The molecule has 3 rings (SSSR count). The Kier molecular flexibility index (Phi) is 6.66. The summed E-state index contributed by atoms with van der Waals surface area (Å²) in [6.45, 7) is 8.26. The lowest BCUT2D eigenvalue weighted by atomic mass is 10.1. The number of hydrogen-bond acceptors (Lipinski definition) is 5. The first-order chi connectivity index (χ1) is 14.5. The number of nitrogens with one attached hydrogen (secondary N) is 2. The number of aryl methyl sites for hydroxylation is 1. The molecule has 3 aromatic rings. The van der Waals surface area contributed by atoms with Crippen LogP contribution in [0.1, 0.15) is 35.3 Å². The molecule has 0 saturated carbocycles. The topological polar surface area (TPSA) is 81.1 Å². The van der Waals surface area contributed by atoms with E-state index in [-0.39, 0.29) is 5.91 Å². The van der Waals surface area contributed by atoms with Crippen molar-refractivity contribution in [1.29, 1.82) is 5.26 Å². The Hall–Kier alpha value is -3.85. The summed E-state index contributed by atoms with van der Waals surface area (Å²) < 4.78 is 0. The first-order valence-corrected chi connectivity index (χ1v) is 9.93. The fraction of sp³-hybridized carbons (Fsp3) is 0.208. The van der Waals surface area contributed by atoms with Gasteiger partial charge in [-0.3, -0.25) is 9.78 Å². The van der Waals surface area contributed by atoms with Crippen LogP contribution < -0.4 is 15.5 Å². The number of amides is 1. The van der Waals surface area contributed by atoms with Crippen molar-refractivity contribution in [1.82, 2.24) is 4.98 Å². The van der Waals surface area contributed by atoms with Gasteiger partial charge in [-0.15, -0.1) is 0 Å². The van der Waals surface area contributed by atoms with Crippen LogP contribution in [0.5, 0.6) is 0 Å². The maximum absolute atomic E-state index is 12.6. The number of rotatable bonds is 7. The summed E-state index contributed by atoms with van der Waals surface area (Å²) in [6.07, 6.45) is 3.20. The number of carbonyl (C=O) groups excluding carboxylic acids is 1. The molecule has 0 bridgehead atoms. The highest BCUT2D eigenvalue weighted by molar-refractivity contribution is 6.04. The zero-order valence-corrected chi connectivity index (χ0v) is 17.4. The number of benzene rings is 2. The van der Waals surface area contributed by atoms with E-state index in [0.29, 0.717) is 16.8 Å². The van der Waals surface area contributed by atoms with Gasteiger partial charge in [0.15, 0.2) is 0 Å². The maximum atomic E-state index is 12.6. The average molecular weight is 399 g/mol. The summed E-state index contributed by atoms with van der Waals surface area (Å²) >= 11 is 0. The van der Waals surface area contributed by atoms with E-state index in [9.17, 15) is 4.79 Å². The molecular formula is C24H25N5O. The Labute approximate surface area is 177 Å². The number of carbonyl (C=O) groups is 1. The van der Waals surface area contributed by atoms with Crippen LogP contribution in [0.15, 0.2) is 60.9 Å². The van der Waals surface area contributed by atoms with Crippen molar-refractivity contribution in [3.63, 3.8) is 0 Å². The highest BCUT2D eigenvalue weighted by Crippen LogP contribution is 2.26. The number of hydrogen-bond donors (Lipinski definition) is 2. The minimum Gasteiger partial charge on any atom is -0.372 e. The zero-order chi connectivity index (χ0) is 21.5. The van der Waals surface area contributed by atoms with E-state index in [0.717, 1.165) is 30.0 Å². The molecule has 0 aliphatic rings. The second kappa shape index (κ2) is 9.57. The van der Waals surface area contributed by atoms with Crippen molar-refractivity contribution < 1.29 is 4.79 Å². The van der Waals surface area contributed by atoms with E-state index in [2.05, 4.69) is 59.5 Å². The first kappa shape index (κ1) is 20.9. The number of aromatic nitrogens is 1. The van der Waals surface area contributed by atoms with E-state index < -0.39 is 0 Å². The third-order valence-corrected chi connectivity index (χ3v) is 4.87. The molecule has 6 heteroatoms. The van der Waals surface area contributed by atoms with Crippen LogP contribution in [0.2, 0.25) is 0 Å². The fourth-order valence-electron chi connectivity index (χ4n) is 3.23. The van der Waals surface area contributed by atoms with Gasteiger partial charge in [0.2, 0.25) is 0 Å². The van der Waals surface area contributed by atoms with Crippen LogP contribution in [0.3, 0.4) is 0 Å². The third-order valence-electron chi connectivity index (χ3n) is 4.87. The van der Waals surface area contributed by atoms with Crippen LogP contribution in [-0.2, 0) is 0 Å². The lowest BCUT2D eigenvalue weighted by Gasteiger charge is -2.22. The minimum atomic E-state index is -0.283. The van der Waals surface area contributed by atoms with Crippen molar-refractivity contribution in [2.24, 2.45) is 0 Å². The van der Waals surface area contributed by atoms with Gasteiger partial charge in [-0.1, -0.05) is 6.07 Å². The quantitative estimate of drug-likeness (QED) is 0.577. The Morgan fingerprint density at radius 1 is 1.07 bits per heavy atom. The molecule has 1 amide bonds. The van der Waals surface area contributed by atoms with E-state index in [1.807, 2.05) is 6.07 Å². The van der Waals surface area contributed by atoms with Gasteiger partial charge in [-0.25, -0.2) is 0 Å². The second-order valence-corrected chi connectivity index (χ2v) is 6.91. The molecule has 30 heavy (non-hydrogen) atoms. The summed E-state index contributed by atoms with van der Waals surface area (Å²) in [5, 5.41) is 15.2. The molecule has 0 aliphatic carbocycles. The molecule has 2 N–H and O–H groups in total. The monoisotopic (exact) mass is 399 g/mol. The normalized spacial score (nSPS) is 10.2. The van der Waals surface area contributed by atoms with Gasteiger partial charge < -0.3 is 15.5 Å². The lowest BCUT2D eigenvalue weighted by Crippen LogP contribution is -2.21. The zero-order valence-electron chi connectivity index (χ0n) is 17.4. The van der Waals surface area contributed by atoms with Crippen molar-refractivity contribution in [3.8, 4) is 6.07 Å². The predicted molar refractivity (Wildman–Crippen MR) is 121 cm³/mol. The average Bonchev–Trinajstić information content (AvgIpc) is 2.76. The minimum absolute atomic E-state index is 0.283. The van der Waals surface area contributed by atoms with E-state index in [4.69, 9.17) is 5.26 Å². The molecule has 0 fully saturated rings. The Morgan fingerprint density at radius 2 is 1.87 bits per heavy atom. The van der Waals surface area contributed by atoms with Gasteiger partial charge in [0.1, 0.15) is 0 Å². The lowest BCUT2D eigenvalue weighted by molar-refractivity contribution is 0.102. The van der Waals surface area contributed by atoms with Crippen LogP contribution >= 0.6 is 0 Å². The van der Waals surface area contributed by atoms with Crippen molar-refractivity contribution >= 4 is 28.7 Å². The molecular weight excluding hydrogens is 374 g/mol. The first-order valence-electron chi connectivity index (χ1n) is 9.93. The van der Waals surface area contributed by atoms with Gasteiger partial charge in [0, 0.05) is 36.3 Å². The highest BCUT2D eigenvalue weighted by Gasteiger charge is 2.10. The predicted octanol–water partition coefficient (Wildman–Crippen LogP) is 5.10. The highest BCUT2D eigenvalue weighted by atomic mass is 16.1.